The second-order valence-corrected chi connectivity index (χ2v) is 10.8. The monoisotopic (exact) mass is 468 g/mol. The van der Waals surface area contributed by atoms with Crippen LogP contribution in [-0.2, 0) is 17.7 Å². The first-order chi connectivity index (χ1) is 14.0. The molecule has 0 aromatic carbocycles. The van der Waals surface area contributed by atoms with Crippen LogP contribution in [-0.4, -0.2) is 33.8 Å². The summed E-state index contributed by atoms with van der Waals surface area (Å²) >= 11 is 10.1. The number of Topliss-reactive ketones (excluding diaryl/α,β-unsaturated/α-hetero) is 1. The highest BCUT2D eigenvalue weighted by Crippen LogP contribution is 2.31. The predicted molar refractivity (Wildman–Crippen MR) is 121 cm³/mol. The number of carbonyl (C=O) groups is 1. The number of ether oxygens (including phenoxy) is 1. The zero-order chi connectivity index (χ0) is 20.5. The Kier molecular flexibility index (Phi) is 6.46. The maximum Gasteiger partial charge on any atom is 0.263 e. The molecule has 1 atom stereocenters. The lowest BCUT2D eigenvalue weighted by atomic mass is 10.1. The highest BCUT2D eigenvalue weighted by molar-refractivity contribution is 7.99. The van der Waals surface area contributed by atoms with Gasteiger partial charge < -0.3 is 4.74 Å². The lowest BCUT2D eigenvalue weighted by molar-refractivity contribution is 0.0937. The fourth-order valence-corrected chi connectivity index (χ4v) is 6.70. The molecule has 0 radical (unpaired) electrons. The maximum absolute atomic E-state index is 13.4. The molecule has 1 aliphatic rings. The molecule has 0 saturated carbocycles. The standard InChI is InChI=1S/C20H21ClN2O3S3/c1-3-13-11(2)28-18-17(13)19(25)23(9-12-5-4-8-26-12)20(22-18)27-10-14(24)15-6-7-16(21)29-15/h6-7,12H,3-5,8-10H2,1-2H3. The Hall–Kier alpha value is -1.19. The first-order valence-electron chi connectivity index (χ1n) is 9.53. The van der Waals surface area contributed by atoms with Gasteiger partial charge in [0.25, 0.3) is 5.56 Å². The topological polar surface area (TPSA) is 61.2 Å². The van der Waals surface area contributed by atoms with E-state index in [0.717, 1.165) is 41.1 Å². The fraction of sp³-hybridized carbons (Fsp3) is 0.450. The third-order valence-electron chi connectivity index (χ3n) is 5.02. The summed E-state index contributed by atoms with van der Waals surface area (Å²) in [7, 11) is 0. The van der Waals surface area contributed by atoms with Crippen molar-refractivity contribution in [3.05, 3.63) is 42.1 Å². The van der Waals surface area contributed by atoms with Crippen LogP contribution in [0.15, 0.2) is 22.1 Å². The minimum atomic E-state index is -0.0270. The van der Waals surface area contributed by atoms with Gasteiger partial charge in [0.2, 0.25) is 0 Å². The Morgan fingerprint density at radius 2 is 2.24 bits per heavy atom. The number of carbonyl (C=O) groups excluding carboxylic acids is 1. The molecule has 1 aliphatic heterocycles. The summed E-state index contributed by atoms with van der Waals surface area (Å²) in [5, 5.41) is 1.30. The number of aromatic nitrogens is 2. The van der Waals surface area contributed by atoms with Crippen LogP contribution in [0.3, 0.4) is 0 Å². The van der Waals surface area contributed by atoms with E-state index in [4.69, 9.17) is 21.3 Å². The van der Waals surface area contributed by atoms with Crippen molar-refractivity contribution in [3.63, 3.8) is 0 Å². The third-order valence-corrected chi connectivity index (χ3v) is 8.31. The number of rotatable bonds is 7. The first kappa shape index (κ1) is 21.1. The van der Waals surface area contributed by atoms with Gasteiger partial charge in [-0.1, -0.05) is 30.3 Å². The predicted octanol–water partition coefficient (Wildman–Crippen LogP) is 5.20. The molecule has 0 amide bonds. The molecule has 3 aromatic heterocycles. The van der Waals surface area contributed by atoms with Crippen LogP contribution in [0, 0.1) is 6.92 Å². The average molecular weight is 469 g/mol. The van der Waals surface area contributed by atoms with Gasteiger partial charge in [0, 0.05) is 11.5 Å². The van der Waals surface area contributed by atoms with Gasteiger partial charge in [0.1, 0.15) is 4.83 Å². The van der Waals surface area contributed by atoms with Crippen LogP contribution in [0.5, 0.6) is 0 Å². The second kappa shape index (κ2) is 8.89. The molecule has 0 spiro atoms. The van der Waals surface area contributed by atoms with Crippen molar-refractivity contribution >= 4 is 62.0 Å². The van der Waals surface area contributed by atoms with Crippen molar-refractivity contribution in [2.75, 3.05) is 12.4 Å². The summed E-state index contributed by atoms with van der Waals surface area (Å²) in [6.07, 6.45) is 2.76. The van der Waals surface area contributed by atoms with E-state index in [1.165, 1.54) is 23.1 Å². The Labute approximate surface area is 186 Å². The molecule has 1 unspecified atom stereocenters. The van der Waals surface area contributed by atoms with E-state index in [9.17, 15) is 9.59 Å². The van der Waals surface area contributed by atoms with Crippen molar-refractivity contribution in [2.24, 2.45) is 0 Å². The normalized spacial score (nSPS) is 16.7. The van der Waals surface area contributed by atoms with Crippen LogP contribution >= 0.6 is 46.0 Å². The minimum Gasteiger partial charge on any atom is -0.376 e. The molecule has 0 bridgehead atoms. The number of thioether (sulfide) groups is 1. The molecule has 29 heavy (non-hydrogen) atoms. The molecule has 3 aromatic rings. The van der Waals surface area contributed by atoms with Gasteiger partial charge in [-0.3, -0.25) is 14.2 Å². The van der Waals surface area contributed by atoms with E-state index >= 15 is 0 Å². The summed E-state index contributed by atoms with van der Waals surface area (Å²) in [4.78, 5) is 33.2. The van der Waals surface area contributed by atoms with Crippen molar-refractivity contribution in [2.45, 2.75) is 50.9 Å². The van der Waals surface area contributed by atoms with E-state index < -0.39 is 0 Å². The van der Waals surface area contributed by atoms with Gasteiger partial charge in [-0.15, -0.1) is 22.7 Å². The second-order valence-electron chi connectivity index (χ2n) is 6.93. The zero-order valence-electron chi connectivity index (χ0n) is 16.2. The van der Waals surface area contributed by atoms with Gasteiger partial charge in [-0.05, 0) is 43.9 Å². The SMILES string of the molecule is CCc1c(C)sc2nc(SCC(=O)c3ccc(Cl)s3)n(CC3CCCO3)c(=O)c12. The van der Waals surface area contributed by atoms with Crippen molar-refractivity contribution in [1.29, 1.82) is 0 Å². The third kappa shape index (κ3) is 4.32. The molecule has 154 valence electrons. The number of halogens is 1. The van der Waals surface area contributed by atoms with Crippen molar-refractivity contribution < 1.29 is 9.53 Å². The fourth-order valence-electron chi connectivity index (χ4n) is 3.59. The smallest absolute Gasteiger partial charge is 0.263 e. The number of nitrogens with zero attached hydrogens (tertiary/aromatic N) is 2. The molecule has 5 nitrogen and oxygen atoms in total. The van der Waals surface area contributed by atoms with Crippen molar-refractivity contribution in [1.82, 2.24) is 9.55 Å². The van der Waals surface area contributed by atoms with Gasteiger partial charge >= 0.3 is 0 Å². The van der Waals surface area contributed by atoms with Gasteiger partial charge in [0.05, 0.1) is 33.0 Å². The van der Waals surface area contributed by atoms with Gasteiger partial charge in [-0.2, -0.15) is 0 Å². The lowest BCUT2D eigenvalue weighted by Crippen LogP contribution is -2.29. The van der Waals surface area contributed by atoms with Crippen LogP contribution in [0.25, 0.3) is 10.2 Å². The van der Waals surface area contributed by atoms with Gasteiger partial charge in [-0.25, -0.2) is 4.98 Å². The Bertz CT molecular complexity index is 1110. The van der Waals surface area contributed by atoms with Crippen LogP contribution in [0.4, 0.5) is 0 Å². The molecule has 4 heterocycles. The first-order valence-corrected chi connectivity index (χ1v) is 12.5. The number of hydrogen-bond acceptors (Lipinski definition) is 7. The number of aryl methyl sites for hydroxylation is 2. The number of ketones is 1. The highest BCUT2D eigenvalue weighted by atomic mass is 35.5. The Morgan fingerprint density at radius 1 is 1.41 bits per heavy atom. The van der Waals surface area contributed by atoms with Crippen LogP contribution in [0.2, 0.25) is 4.34 Å². The average Bonchev–Trinajstić information content (AvgIpc) is 3.42. The van der Waals surface area contributed by atoms with Crippen LogP contribution in [0.1, 0.15) is 39.9 Å². The van der Waals surface area contributed by atoms with E-state index in [-0.39, 0.29) is 23.2 Å². The van der Waals surface area contributed by atoms with Crippen LogP contribution < -0.4 is 5.56 Å². The zero-order valence-corrected chi connectivity index (χ0v) is 19.4. The summed E-state index contributed by atoms with van der Waals surface area (Å²) in [6.45, 7) is 5.30. The van der Waals surface area contributed by atoms with E-state index in [0.29, 0.717) is 26.3 Å². The molecule has 1 fully saturated rings. The summed E-state index contributed by atoms with van der Waals surface area (Å²) in [5.41, 5.74) is 1.05. The molecular weight excluding hydrogens is 448 g/mol. The molecule has 0 N–H and O–H groups in total. The maximum atomic E-state index is 13.4. The molecule has 4 rings (SSSR count). The largest absolute Gasteiger partial charge is 0.376 e. The lowest BCUT2D eigenvalue weighted by Gasteiger charge is -2.15. The molecule has 1 saturated heterocycles. The summed E-state index contributed by atoms with van der Waals surface area (Å²) < 4.78 is 8.07. The number of fused-ring (bicyclic) bond motifs is 1. The van der Waals surface area contributed by atoms with E-state index in [2.05, 4.69) is 6.92 Å². The molecule has 0 aliphatic carbocycles. The minimum absolute atomic E-state index is 0.0125. The molecule has 9 heteroatoms. The van der Waals surface area contributed by atoms with E-state index in [1.54, 1.807) is 28.0 Å². The van der Waals surface area contributed by atoms with Crippen molar-refractivity contribution in [3.8, 4) is 0 Å². The van der Waals surface area contributed by atoms with E-state index in [1.807, 2.05) is 6.92 Å². The Balaban J connectivity index is 1.70. The molecular formula is C20H21ClN2O3S3. The number of hydrogen-bond donors (Lipinski definition) is 0. The number of thiophene rings is 2. The Morgan fingerprint density at radius 3 is 2.90 bits per heavy atom. The highest BCUT2D eigenvalue weighted by Gasteiger charge is 2.23. The summed E-state index contributed by atoms with van der Waals surface area (Å²) in [5.74, 6) is 0.201. The quantitative estimate of drug-likeness (QED) is 0.271. The van der Waals surface area contributed by atoms with Gasteiger partial charge in [0.15, 0.2) is 10.9 Å². The summed E-state index contributed by atoms with van der Waals surface area (Å²) in [6, 6.07) is 3.46.